The summed E-state index contributed by atoms with van der Waals surface area (Å²) in [5.74, 6) is 0. The zero-order chi connectivity index (χ0) is 12.3. The first-order chi connectivity index (χ1) is 8.16. The molecule has 1 aliphatic heterocycles. The predicted molar refractivity (Wildman–Crippen MR) is 69.9 cm³/mol. The molecule has 1 aromatic carbocycles. The Kier molecular flexibility index (Phi) is 3.66. The van der Waals surface area contributed by atoms with Gasteiger partial charge < -0.3 is 20.7 Å². The molecular weight excluding hydrogens is 214 g/mol. The minimum Gasteiger partial charge on any atom is -0.399 e. The lowest BCUT2D eigenvalue weighted by Crippen LogP contribution is -2.59. The Labute approximate surface area is 103 Å². The average molecular weight is 235 g/mol. The van der Waals surface area contributed by atoms with E-state index in [4.69, 9.17) is 10.5 Å². The Morgan fingerprint density at radius 3 is 2.71 bits per heavy atom. The Hall–Kier alpha value is -1.10. The third-order valence-corrected chi connectivity index (χ3v) is 3.35. The quantitative estimate of drug-likeness (QED) is 0.755. The summed E-state index contributed by atoms with van der Waals surface area (Å²) in [6.45, 7) is 3.66. The van der Waals surface area contributed by atoms with Crippen molar-refractivity contribution in [3.05, 3.63) is 29.8 Å². The molecule has 94 valence electrons. The van der Waals surface area contributed by atoms with Gasteiger partial charge in [0.1, 0.15) is 0 Å². The summed E-state index contributed by atoms with van der Waals surface area (Å²) in [5.41, 5.74) is 7.66. The number of benzene rings is 1. The van der Waals surface area contributed by atoms with E-state index in [0.717, 1.165) is 25.3 Å². The van der Waals surface area contributed by atoms with Gasteiger partial charge in [0.25, 0.3) is 0 Å². The fourth-order valence-electron chi connectivity index (χ4n) is 2.50. The SMILES string of the molecule is COC[C@]1(c2ccc(N)cc2)CN(C)CCN1. The molecule has 0 radical (unpaired) electrons. The highest BCUT2D eigenvalue weighted by molar-refractivity contribution is 5.41. The van der Waals surface area contributed by atoms with Crippen molar-refractivity contribution in [3.63, 3.8) is 0 Å². The van der Waals surface area contributed by atoms with E-state index in [2.05, 4.69) is 29.4 Å². The molecule has 1 aromatic rings. The molecule has 2 rings (SSSR count). The first kappa shape index (κ1) is 12.4. The molecule has 0 spiro atoms. The maximum atomic E-state index is 5.74. The number of hydrogen-bond acceptors (Lipinski definition) is 4. The van der Waals surface area contributed by atoms with Crippen LogP contribution in [0.25, 0.3) is 0 Å². The Morgan fingerprint density at radius 1 is 1.41 bits per heavy atom. The van der Waals surface area contributed by atoms with Crippen LogP contribution in [-0.4, -0.2) is 45.3 Å². The molecule has 1 atom stereocenters. The molecule has 4 heteroatoms. The van der Waals surface area contributed by atoms with Crippen LogP contribution in [0.3, 0.4) is 0 Å². The topological polar surface area (TPSA) is 50.5 Å². The van der Waals surface area contributed by atoms with Crippen LogP contribution in [0.4, 0.5) is 5.69 Å². The lowest BCUT2D eigenvalue weighted by atomic mass is 9.88. The van der Waals surface area contributed by atoms with Crippen molar-refractivity contribution in [2.45, 2.75) is 5.54 Å². The fraction of sp³-hybridized carbons (Fsp3) is 0.538. The van der Waals surface area contributed by atoms with Gasteiger partial charge in [-0.2, -0.15) is 0 Å². The standard InChI is InChI=1S/C13H21N3O/c1-16-8-7-15-13(9-16,10-17-2)11-3-5-12(14)6-4-11/h3-6,15H,7-10,14H2,1-2H3/t13-/m0/s1. The monoisotopic (exact) mass is 235 g/mol. The van der Waals surface area contributed by atoms with E-state index in [1.54, 1.807) is 7.11 Å². The molecule has 0 unspecified atom stereocenters. The number of nitrogens with two attached hydrogens (primary N) is 1. The summed E-state index contributed by atoms with van der Waals surface area (Å²) in [6.07, 6.45) is 0. The number of anilines is 1. The van der Waals surface area contributed by atoms with Crippen molar-refractivity contribution in [3.8, 4) is 0 Å². The molecule has 1 heterocycles. The van der Waals surface area contributed by atoms with Crippen LogP contribution in [0, 0.1) is 0 Å². The number of nitrogens with zero attached hydrogens (tertiary/aromatic N) is 1. The van der Waals surface area contributed by atoms with Crippen LogP contribution < -0.4 is 11.1 Å². The average Bonchev–Trinajstić information content (AvgIpc) is 2.30. The minimum atomic E-state index is -0.116. The maximum absolute atomic E-state index is 5.74. The molecular formula is C13H21N3O. The highest BCUT2D eigenvalue weighted by Gasteiger charge is 2.35. The number of ether oxygens (including phenoxy) is 1. The maximum Gasteiger partial charge on any atom is 0.0800 e. The van der Waals surface area contributed by atoms with E-state index < -0.39 is 0 Å². The smallest absolute Gasteiger partial charge is 0.0800 e. The molecule has 0 aliphatic carbocycles. The Balaban J connectivity index is 2.29. The lowest BCUT2D eigenvalue weighted by Gasteiger charge is -2.42. The lowest BCUT2D eigenvalue weighted by molar-refractivity contribution is 0.0594. The molecule has 0 amide bonds. The first-order valence-electron chi connectivity index (χ1n) is 5.95. The zero-order valence-electron chi connectivity index (χ0n) is 10.6. The third kappa shape index (κ3) is 2.60. The Bertz CT molecular complexity index is 361. The van der Waals surface area contributed by atoms with E-state index >= 15 is 0 Å². The summed E-state index contributed by atoms with van der Waals surface area (Å²) in [7, 11) is 3.89. The van der Waals surface area contributed by atoms with Crippen molar-refractivity contribution in [1.29, 1.82) is 0 Å². The van der Waals surface area contributed by atoms with Crippen LogP contribution in [0.15, 0.2) is 24.3 Å². The van der Waals surface area contributed by atoms with E-state index in [-0.39, 0.29) is 5.54 Å². The summed E-state index contributed by atoms with van der Waals surface area (Å²) in [6, 6.07) is 8.06. The van der Waals surface area contributed by atoms with Crippen LogP contribution in [0.2, 0.25) is 0 Å². The molecule has 0 bridgehead atoms. The highest BCUT2D eigenvalue weighted by Crippen LogP contribution is 2.25. The normalized spacial score (nSPS) is 26.0. The van der Waals surface area contributed by atoms with Crippen LogP contribution >= 0.6 is 0 Å². The molecule has 17 heavy (non-hydrogen) atoms. The van der Waals surface area contributed by atoms with Gasteiger partial charge in [0.2, 0.25) is 0 Å². The number of nitrogens with one attached hydrogen (secondary N) is 1. The minimum absolute atomic E-state index is 0.116. The second-order valence-corrected chi connectivity index (χ2v) is 4.80. The van der Waals surface area contributed by atoms with Gasteiger partial charge in [-0.1, -0.05) is 12.1 Å². The second-order valence-electron chi connectivity index (χ2n) is 4.80. The predicted octanol–water partition coefficient (Wildman–Crippen LogP) is 0.645. The van der Waals surface area contributed by atoms with Crippen molar-refractivity contribution >= 4 is 5.69 Å². The van der Waals surface area contributed by atoms with Gasteiger partial charge in [-0.25, -0.2) is 0 Å². The summed E-state index contributed by atoms with van der Waals surface area (Å²) in [4.78, 5) is 2.33. The summed E-state index contributed by atoms with van der Waals surface area (Å²) < 4.78 is 5.40. The van der Waals surface area contributed by atoms with Gasteiger partial charge in [-0.15, -0.1) is 0 Å². The molecule has 0 aromatic heterocycles. The highest BCUT2D eigenvalue weighted by atomic mass is 16.5. The van der Waals surface area contributed by atoms with E-state index in [1.807, 2.05) is 12.1 Å². The molecule has 1 aliphatic rings. The van der Waals surface area contributed by atoms with E-state index in [0.29, 0.717) is 6.61 Å². The van der Waals surface area contributed by atoms with Crippen molar-refractivity contribution in [1.82, 2.24) is 10.2 Å². The van der Waals surface area contributed by atoms with Crippen LogP contribution in [0.1, 0.15) is 5.56 Å². The van der Waals surface area contributed by atoms with Gasteiger partial charge in [-0.3, -0.25) is 0 Å². The van der Waals surface area contributed by atoms with Crippen molar-refractivity contribution < 1.29 is 4.74 Å². The van der Waals surface area contributed by atoms with Gasteiger partial charge in [0.15, 0.2) is 0 Å². The summed E-state index contributed by atoms with van der Waals surface area (Å²) in [5, 5.41) is 3.59. The third-order valence-electron chi connectivity index (χ3n) is 3.35. The number of methoxy groups -OCH3 is 1. The van der Waals surface area contributed by atoms with Crippen molar-refractivity contribution in [2.75, 3.05) is 46.1 Å². The van der Waals surface area contributed by atoms with Gasteiger partial charge >= 0.3 is 0 Å². The van der Waals surface area contributed by atoms with Gasteiger partial charge in [0.05, 0.1) is 12.1 Å². The zero-order valence-corrected chi connectivity index (χ0v) is 10.6. The molecule has 4 nitrogen and oxygen atoms in total. The van der Waals surface area contributed by atoms with Crippen LogP contribution in [-0.2, 0) is 10.3 Å². The van der Waals surface area contributed by atoms with Crippen molar-refractivity contribution in [2.24, 2.45) is 0 Å². The number of rotatable bonds is 3. The molecule has 0 saturated carbocycles. The van der Waals surface area contributed by atoms with Gasteiger partial charge in [0, 0.05) is 32.4 Å². The Morgan fingerprint density at radius 2 is 2.12 bits per heavy atom. The summed E-state index contributed by atoms with van der Waals surface area (Å²) >= 11 is 0. The molecule has 1 saturated heterocycles. The number of nitrogen functional groups attached to an aromatic ring is 1. The largest absolute Gasteiger partial charge is 0.399 e. The fourth-order valence-corrected chi connectivity index (χ4v) is 2.50. The molecule has 1 fully saturated rings. The number of hydrogen-bond donors (Lipinski definition) is 2. The van der Waals surface area contributed by atoms with E-state index in [9.17, 15) is 0 Å². The van der Waals surface area contributed by atoms with Gasteiger partial charge in [-0.05, 0) is 24.7 Å². The molecule has 3 N–H and O–H groups in total. The van der Waals surface area contributed by atoms with Crippen LogP contribution in [0.5, 0.6) is 0 Å². The second kappa shape index (κ2) is 5.04. The number of likely N-dealkylation sites (N-methyl/N-ethyl adjacent to an activating group) is 1. The first-order valence-corrected chi connectivity index (χ1v) is 5.95. The van der Waals surface area contributed by atoms with E-state index in [1.165, 1.54) is 5.56 Å². The number of piperazine rings is 1.